The number of benzene rings is 3. The average Bonchev–Trinajstić information content (AvgIpc) is 2.77. The van der Waals surface area contributed by atoms with Gasteiger partial charge in [0.1, 0.15) is 17.7 Å². The minimum absolute atomic E-state index is 0.0817. The SMILES string of the molecule is N#CC(C#N)=CNc1ccccc1C(=O)Nc1ccc(Nc2ccccc2)cc1. The summed E-state index contributed by atoms with van der Waals surface area (Å²) in [4.78, 5) is 12.7. The van der Waals surface area contributed by atoms with E-state index in [0.717, 1.165) is 11.4 Å². The molecule has 6 nitrogen and oxygen atoms in total. The van der Waals surface area contributed by atoms with Crippen molar-refractivity contribution in [2.45, 2.75) is 0 Å². The number of nitrogens with zero attached hydrogens (tertiary/aromatic N) is 2. The fourth-order valence-corrected chi connectivity index (χ4v) is 2.57. The van der Waals surface area contributed by atoms with Crippen LogP contribution in [0.2, 0.25) is 0 Å². The van der Waals surface area contributed by atoms with E-state index in [1.165, 1.54) is 6.20 Å². The molecule has 0 aliphatic carbocycles. The van der Waals surface area contributed by atoms with Crippen molar-refractivity contribution >= 4 is 28.7 Å². The van der Waals surface area contributed by atoms with Crippen LogP contribution in [0, 0.1) is 22.7 Å². The maximum atomic E-state index is 12.7. The molecule has 0 atom stereocenters. The first-order chi connectivity index (χ1) is 14.2. The molecule has 3 N–H and O–H groups in total. The Kier molecular flexibility index (Phi) is 6.23. The molecule has 29 heavy (non-hydrogen) atoms. The maximum Gasteiger partial charge on any atom is 0.257 e. The van der Waals surface area contributed by atoms with Crippen molar-refractivity contribution in [2.24, 2.45) is 0 Å². The van der Waals surface area contributed by atoms with Crippen LogP contribution in [-0.2, 0) is 0 Å². The first-order valence-corrected chi connectivity index (χ1v) is 8.79. The van der Waals surface area contributed by atoms with E-state index in [0.29, 0.717) is 16.9 Å². The zero-order valence-electron chi connectivity index (χ0n) is 15.4. The van der Waals surface area contributed by atoms with Gasteiger partial charge < -0.3 is 16.0 Å². The van der Waals surface area contributed by atoms with Gasteiger partial charge in [-0.05, 0) is 48.5 Å². The highest BCUT2D eigenvalue weighted by atomic mass is 16.1. The summed E-state index contributed by atoms with van der Waals surface area (Å²) in [6.45, 7) is 0. The number of nitrogens with one attached hydrogen (secondary N) is 3. The second-order valence-electron chi connectivity index (χ2n) is 5.99. The Morgan fingerprint density at radius 1 is 0.759 bits per heavy atom. The number of hydrogen-bond donors (Lipinski definition) is 3. The Bertz CT molecular complexity index is 1090. The van der Waals surface area contributed by atoms with Crippen molar-refractivity contribution in [2.75, 3.05) is 16.0 Å². The first kappa shape index (κ1) is 19.2. The summed E-state index contributed by atoms with van der Waals surface area (Å²) in [6.07, 6.45) is 1.27. The van der Waals surface area contributed by atoms with Gasteiger partial charge in [-0.2, -0.15) is 10.5 Å². The Balaban J connectivity index is 1.70. The molecule has 3 aromatic rings. The lowest BCUT2D eigenvalue weighted by Gasteiger charge is -2.11. The summed E-state index contributed by atoms with van der Waals surface area (Å²) in [7, 11) is 0. The van der Waals surface area contributed by atoms with E-state index in [4.69, 9.17) is 10.5 Å². The van der Waals surface area contributed by atoms with Crippen molar-refractivity contribution in [3.05, 3.63) is 96.2 Å². The van der Waals surface area contributed by atoms with Gasteiger partial charge in [0.05, 0.1) is 11.3 Å². The third-order valence-electron chi connectivity index (χ3n) is 3.99. The molecule has 0 fully saturated rings. The first-order valence-electron chi connectivity index (χ1n) is 8.79. The molecule has 0 radical (unpaired) electrons. The molecule has 6 heteroatoms. The normalized spacial score (nSPS) is 9.45. The minimum Gasteiger partial charge on any atom is -0.359 e. The summed E-state index contributed by atoms with van der Waals surface area (Å²) < 4.78 is 0. The van der Waals surface area contributed by atoms with Gasteiger partial charge in [0.2, 0.25) is 0 Å². The van der Waals surface area contributed by atoms with E-state index in [1.807, 2.05) is 54.6 Å². The van der Waals surface area contributed by atoms with Crippen LogP contribution in [0.4, 0.5) is 22.7 Å². The lowest BCUT2D eigenvalue weighted by Crippen LogP contribution is -2.13. The number of rotatable bonds is 6. The van der Waals surface area contributed by atoms with Crippen LogP contribution in [0.25, 0.3) is 0 Å². The second-order valence-corrected chi connectivity index (χ2v) is 5.99. The van der Waals surface area contributed by atoms with E-state index < -0.39 is 0 Å². The Hall–Kier alpha value is -4.55. The largest absolute Gasteiger partial charge is 0.359 e. The van der Waals surface area contributed by atoms with Crippen LogP contribution >= 0.6 is 0 Å². The van der Waals surface area contributed by atoms with E-state index in [2.05, 4.69) is 16.0 Å². The summed E-state index contributed by atoms with van der Waals surface area (Å²) >= 11 is 0. The molecule has 3 rings (SSSR count). The number of anilines is 4. The molecule has 0 spiro atoms. The molecule has 0 saturated carbocycles. The molecule has 0 aliphatic heterocycles. The van der Waals surface area contributed by atoms with E-state index in [-0.39, 0.29) is 11.5 Å². The maximum absolute atomic E-state index is 12.7. The third kappa shape index (κ3) is 5.22. The van der Waals surface area contributed by atoms with Crippen molar-refractivity contribution in [3.8, 4) is 12.1 Å². The van der Waals surface area contributed by atoms with Gasteiger partial charge in [0, 0.05) is 23.3 Å². The van der Waals surface area contributed by atoms with Crippen molar-refractivity contribution in [1.29, 1.82) is 10.5 Å². The van der Waals surface area contributed by atoms with Crippen LogP contribution in [0.3, 0.4) is 0 Å². The molecule has 1 amide bonds. The van der Waals surface area contributed by atoms with Gasteiger partial charge in [0.15, 0.2) is 0 Å². The molecule has 140 valence electrons. The Morgan fingerprint density at radius 3 is 2.03 bits per heavy atom. The van der Waals surface area contributed by atoms with Crippen molar-refractivity contribution < 1.29 is 4.79 Å². The van der Waals surface area contributed by atoms with E-state index in [9.17, 15) is 4.79 Å². The van der Waals surface area contributed by atoms with Gasteiger partial charge in [-0.25, -0.2) is 0 Å². The highest BCUT2D eigenvalue weighted by molar-refractivity contribution is 6.08. The number of hydrogen-bond acceptors (Lipinski definition) is 5. The number of amides is 1. The van der Waals surface area contributed by atoms with Gasteiger partial charge in [-0.15, -0.1) is 0 Å². The number of allylic oxidation sites excluding steroid dienone is 1. The lowest BCUT2D eigenvalue weighted by molar-refractivity contribution is 0.102. The van der Waals surface area contributed by atoms with Crippen LogP contribution in [0.1, 0.15) is 10.4 Å². The van der Waals surface area contributed by atoms with Crippen LogP contribution in [0.5, 0.6) is 0 Å². The molecule has 0 heterocycles. The second kappa shape index (κ2) is 9.40. The highest BCUT2D eigenvalue weighted by Gasteiger charge is 2.11. The average molecular weight is 379 g/mol. The van der Waals surface area contributed by atoms with Gasteiger partial charge in [0.25, 0.3) is 5.91 Å². The van der Waals surface area contributed by atoms with Crippen LogP contribution in [-0.4, -0.2) is 5.91 Å². The van der Waals surface area contributed by atoms with E-state index in [1.54, 1.807) is 36.4 Å². The Labute approximate surface area is 168 Å². The molecule has 0 aliphatic rings. The van der Waals surface area contributed by atoms with Gasteiger partial charge in [-0.1, -0.05) is 30.3 Å². The molecular formula is C23H17N5O. The van der Waals surface area contributed by atoms with Crippen LogP contribution in [0.15, 0.2) is 90.6 Å². The topological polar surface area (TPSA) is 101 Å². The number of nitriles is 2. The summed E-state index contributed by atoms with van der Waals surface area (Å²) in [5, 5.41) is 26.6. The smallest absolute Gasteiger partial charge is 0.257 e. The fourth-order valence-electron chi connectivity index (χ4n) is 2.57. The minimum atomic E-state index is -0.305. The third-order valence-corrected chi connectivity index (χ3v) is 3.99. The fraction of sp³-hybridized carbons (Fsp3) is 0. The van der Waals surface area contributed by atoms with Crippen molar-refractivity contribution in [3.63, 3.8) is 0 Å². The zero-order valence-corrected chi connectivity index (χ0v) is 15.4. The molecule has 0 bridgehead atoms. The summed E-state index contributed by atoms with van der Waals surface area (Å²) in [5.41, 5.74) is 3.34. The van der Waals surface area contributed by atoms with Crippen molar-refractivity contribution in [1.82, 2.24) is 0 Å². The van der Waals surface area contributed by atoms with Gasteiger partial charge >= 0.3 is 0 Å². The van der Waals surface area contributed by atoms with Gasteiger partial charge in [-0.3, -0.25) is 4.79 Å². The molecule has 0 aromatic heterocycles. The van der Waals surface area contributed by atoms with E-state index >= 15 is 0 Å². The highest BCUT2D eigenvalue weighted by Crippen LogP contribution is 2.21. The predicted molar refractivity (Wildman–Crippen MR) is 113 cm³/mol. The Morgan fingerprint density at radius 2 is 1.34 bits per heavy atom. The quantitative estimate of drug-likeness (QED) is 0.522. The molecule has 3 aromatic carbocycles. The monoisotopic (exact) mass is 379 g/mol. The lowest BCUT2D eigenvalue weighted by atomic mass is 10.1. The number of carbonyl (C=O) groups is 1. The predicted octanol–water partition coefficient (Wildman–Crippen LogP) is 5.03. The molecule has 0 unspecified atom stereocenters. The summed E-state index contributed by atoms with van der Waals surface area (Å²) in [5.74, 6) is -0.305. The number of para-hydroxylation sites is 2. The molecule has 0 saturated heterocycles. The summed E-state index contributed by atoms with van der Waals surface area (Å²) in [6, 6.07) is 27.6. The molecular weight excluding hydrogens is 362 g/mol. The zero-order chi connectivity index (χ0) is 20.5. The standard InChI is InChI=1S/C23H17N5O/c24-14-17(15-25)16-26-22-9-5-4-8-21(22)23(29)28-20-12-10-19(11-13-20)27-18-6-2-1-3-7-18/h1-13,16,26-27H,(H,28,29). The van der Waals surface area contributed by atoms with Crippen LogP contribution < -0.4 is 16.0 Å². The number of carbonyl (C=O) groups excluding carboxylic acids is 1.